The molecule has 0 heterocycles. The van der Waals surface area contributed by atoms with Crippen molar-refractivity contribution >= 4 is 9.84 Å². The van der Waals surface area contributed by atoms with Crippen LogP contribution in [0.2, 0.25) is 0 Å². The molecule has 2 unspecified atom stereocenters. The smallest absolute Gasteiger partial charge is 0.155 e. The molecule has 0 aliphatic heterocycles. The molecule has 0 aliphatic rings. The molecule has 2 N–H and O–H groups in total. The zero-order valence-corrected chi connectivity index (χ0v) is 8.92. The zero-order chi connectivity index (χ0) is 10.5. The average molecular weight is 210 g/mol. The summed E-state index contributed by atoms with van der Waals surface area (Å²) in [7, 11) is -3.30. The molecule has 2 atom stereocenters. The van der Waals surface area contributed by atoms with E-state index in [1.165, 1.54) is 0 Å². The summed E-state index contributed by atoms with van der Waals surface area (Å²) in [5.41, 5.74) is 0. The van der Waals surface area contributed by atoms with Crippen molar-refractivity contribution in [1.82, 2.24) is 0 Å². The number of aliphatic hydroxyl groups is 2. The third-order valence-electron chi connectivity index (χ3n) is 1.84. The fourth-order valence-corrected chi connectivity index (χ4v) is 2.67. The Balaban J connectivity index is 4.09. The summed E-state index contributed by atoms with van der Waals surface area (Å²) in [5, 5.41) is 18.2. The van der Waals surface area contributed by atoms with Crippen LogP contribution < -0.4 is 0 Å². The SMILES string of the molecule is CCC(O)CS(=O)(=O)CC(O)CC. The molecular formula is C8H18O4S. The lowest BCUT2D eigenvalue weighted by molar-refractivity contribution is 0.186. The molecule has 0 aromatic carbocycles. The number of aliphatic hydroxyl groups excluding tert-OH is 2. The Bertz CT molecular complexity index is 204. The highest BCUT2D eigenvalue weighted by molar-refractivity contribution is 7.91. The zero-order valence-electron chi connectivity index (χ0n) is 8.10. The fourth-order valence-electron chi connectivity index (χ4n) is 0.890. The lowest BCUT2D eigenvalue weighted by atomic mass is 10.3. The quantitative estimate of drug-likeness (QED) is 0.644. The monoisotopic (exact) mass is 210 g/mol. The van der Waals surface area contributed by atoms with Gasteiger partial charge in [-0.15, -0.1) is 0 Å². The first-order valence-electron chi connectivity index (χ1n) is 4.47. The summed E-state index contributed by atoms with van der Waals surface area (Å²) in [5.74, 6) is -0.499. The van der Waals surface area contributed by atoms with Crippen molar-refractivity contribution in [2.75, 3.05) is 11.5 Å². The number of hydrogen-bond acceptors (Lipinski definition) is 4. The Labute approximate surface area is 79.5 Å². The maximum Gasteiger partial charge on any atom is 0.155 e. The van der Waals surface area contributed by atoms with Crippen LogP contribution in [0.4, 0.5) is 0 Å². The first-order valence-corrected chi connectivity index (χ1v) is 6.30. The van der Waals surface area contributed by atoms with Gasteiger partial charge in [0.1, 0.15) is 0 Å². The molecule has 0 saturated heterocycles. The number of sulfone groups is 1. The van der Waals surface area contributed by atoms with Crippen LogP contribution in [0.25, 0.3) is 0 Å². The largest absolute Gasteiger partial charge is 0.392 e. The average Bonchev–Trinajstić information content (AvgIpc) is 2.02. The Morgan fingerprint density at radius 1 is 1.00 bits per heavy atom. The summed E-state index contributed by atoms with van der Waals surface area (Å²) in [6, 6.07) is 0. The third kappa shape index (κ3) is 6.01. The van der Waals surface area contributed by atoms with Crippen molar-refractivity contribution in [3.63, 3.8) is 0 Å². The second-order valence-corrected chi connectivity index (χ2v) is 5.35. The lowest BCUT2D eigenvalue weighted by Gasteiger charge is -2.11. The Morgan fingerprint density at radius 3 is 1.54 bits per heavy atom. The molecule has 4 nitrogen and oxygen atoms in total. The highest BCUT2D eigenvalue weighted by Gasteiger charge is 2.19. The van der Waals surface area contributed by atoms with Gasteiger partial charge in [-0.1, -0.05) is 13.8 Å². The third-order valence-corrected chi connectivity index (χ3v) is 3.62. The number of rotatable bonds is 6. The second kappa shape index (κ2) is 5.57. The first kappa shape index (κ1) is 12.9. The van der Waals surface area contributed by atoms with E-state index in [1.807, 2.05) is 0 Å². The normalized spacial score (nSPS) is 16.9. The predicted octanol–water partition coefficient (Wildman–Crippen LogP) is -0.0570. The van der Waals surface area contributed by atoms with Gasteiger partial charge in [0.25, 0.3) is 0 Å². The minimum absolute atomic E-state index is 0.249. The van der Waals surface area contributed by atoms with E-state index in [0.29, 0.717) is 12.8 Å². The van der Waals surface area contributed by atoms with Gasteiger partial charge in [-0.05, 0) is 12.8 Å². The molecule has 0 bridgehead atoms. The Hall–Kier alpha value is -0.130. The van der Waals surface area contributed by atoms with E-state index in [4.69, 9.17) is 10.2 Å². The van der Waals surface area contributed by atoms with Gasteiger partial charge in [-0.2, -0.15) is 0 Å². The molecule has 0 aromatic heterocycles. The highest BCUT2D eigenvalue weighted by Crippen LogP contribution is 2.02. The molecule has 0 aliphatic carbocycles. The standard InChI is InChI=1S/C8H18O4S/c1-3-7(9)5-13(11,12)6-8(10)4-2/h7-10H,3-6H2,1-2H3. The number of hydrogen-bond donors (Lipinski definition) is 2. The molecule has 13 heavy (non-hydrogen) atoms. The van der Waals surface area contributed by atoms with Gasteiger partial charge in [0.2, 0.25) is 0 Å². The lowest BCUT2D eigenvalue weighted by Crippen LogP contribution is -2.27. The van der Waals surface area contributed by atoms with Crippen molar-refractivity contribution in [1.29, 1.82) is 0 Å². The van der Waals surface area contributed by atoms with Crippen LogP contribution >= 0.6 is 0 Å². The van der Waals surface area contributed by atoms with Crippen molar-refractivity contribution in [2.24, 2.45) is 0 Å². The first-order chi connectivity index (χ1) is 5.91. The minimum atomic E-state index is -3.30. The Kier molecular flexibility index (Phi) is 5.51. The second-order valence-electron chi connectivity index (χ2n) is 3.20. The summed E-state index contributed by atoms with van der Waals surface area (Å²) in [6.07, 6.45) is -0.786. The van der Waals surface area contributed by atoms with Crippen molar-refractivity contribution < 1.29 is 18.6 Å². The van der Waals surface area contributed by atoms with Crippen molar-refractivity contribution in [3.05, 3.63) is 0 Å². The van der Waals surface area contributed by atoms with Crippen molar-refractivity contribution in [3.8, 4) is 0 Å². The van der Waals surface area contributed by atoms with Gasteiger partial charge in [-0.25, -0.2) is 8.42 Å². The van der Waals surface area contributed by atoms with Crippen LogP contribution in [0.3, 0.4) is 0 Å². The van der Waals surface area contributed by atoms with E-state index < -0.39 is 22.0 Å². The molecule has 0 fully saturated rings. The maximum atomic E-state index is 11.2. The van der Waals surface area contributed by atoms with Gasteiger partial charge in [0.15, 0.2) is 9.84 Å². The van der Waals surface area contributed by atoms with Gasteiger partial charge in [0, 0.05) is 0 Å². The van der Waals surface area contributed by atoms with Crippen LogP contribution in [0, 0.1) is 0 Å². The molecule has 0 spiro atoms. The summed E-state index contributed by atoms with van der Waals surface area (Å²) in [4.78, 5) is 0. The van der Waals surface area contributed by atoms with Gasteiger partial charge in [-0.3, -0.25) is 0 Å². The van der Waals surface area contributed by atoms with E-state index in [0.717, 1.165) is 0 Å². The molecular weight excluding hydrogens is 192 g/mol. The minimum Gasteiger partial charge on any atom is -0.392 e. The summed E-state index contributed by atoms with van der Waals surface area (Å²) in [6.45, 7) is 3.44. The van der Waals surface area contributed by atoms with E-state index in [2.05, 4.69) is 0 Å². The van der Waals surface area contributed by atoms with E-state index in [9.17, 15) is 8.42 Å². The Morgan fingerprint density at radius 2 is 1.31 bits per heavy atom. The summed E-state index contributed by atoms with van der Waals surface area (Å²) >= 11 is 0. The highest BCUT2D eigenvalue weighted by atomic mass is 32.2. The topological polar surface area (TPSA) is 74.6 Å². The molecule has 0 rings (SSSR count). The van der Waals surface area contributed by atoms with Crippen LogP contribution in [0.15, 0.2) is 0 Å². The van der Waals surface area contributed by atoms with Gasteiger partial charge >= 0.3 is 0 Å². The fraction of sp³-hybridized carbons (Fsp3) is 1.00. The van der Waals surface area contributed by atoms with E-state index >= 15 is 0 Å². The van der Waals surface area contributed by atoms with Crippen LogP contribution in [0.1, 0.15) is 26.7 Å². The predicted molar refractivity (Wildman–Crippen MR) is 51.2 cm³/mol. The van der Waals surface area contributed by atoms with E-state index in [1.54, 1.807) is 13.8 Å². The van der Waals surface area contributed by atoms with E-state index in [-0.39, 0.29) is 11.5 Å². The molecule has 0 amide bonds. The molecule has 0 saturated carbocycles. The molecule has 0 radical (unpaired) electrons. The molecule has 80 valence electrons. The van der Waals surface area contributed by atoms with Crippen LogP contribution in [-0.2, 0) is 9.84 Å². The summed E-state index contributed by atoms with van der Waals surface area (Å²) < 4.78 is 22.5. The maximum absolute atomic E-state index is 11.2. The molecule has 5 heteroatoms. The van der Waals surface area contributed by atoms with Gasteiger partial charge < -0.3 is 10.2 Å². The molecule has 0 aromatic rings. The van der Waals surface area contributed by atoms with Gasteiger partial charge in [0.05, 0.1) is 23.7 Å². The van der Waals surface area contributed by atoms with Crippen LogP contribution in [0.5, 0.6) is 0 Å². The van der Waals surface area contributed by atoms with Crippen molar-refractivity contribution in [2.45, 2.75) is 38.9 Å². The van der Waals surface area contributed by atoms with Crippen LogP contribution in [-0.4, -0.2) is 42.3 Å².